The van der Waals surface area contributed by atoms with Gasteiger partial charge < -0.3 is 28.4 Å². The van der Waals surface area contributed by atoms with Crippen LogP contribution in [0.15, 0.2) is 17.3 Å². The van der Waals surface area contributed by atoms with E-state index in [9.17, 15) is 18.4 Å². The first-order chi connectivity index (χ1) is 14.9. The Balaban J connectivity index is 2.26. The number of anilines is 1. The van der Waals surface area contributed by atoms with Gasteiger partial charge in [-0.2, -0.15) is 0 Å². The predicted octanol–water partition coefficient (Wildman–Crippen LogP) is 1.80. The summed E-state index contributed by atoms with van der Waals surface area (Å²) in [6.07, 6.45) is 0. The van der Waals surface area contributed by atoms with E-state index in [1.165, 1.54) is 0 Å². The number of nitrogens with zero attached hydrogens (tertiary/aromatic N) is 1. The number of ether oxygens (including phenoxy) is 3. The molecule has 0 bridgehead atoms. The third-order valence-electron chi connectivity index (χ3n) is 5.78. The fourth-order valence-electron chi connectivity index (χ4n) is 3.35. The number of carbonyl (C=O) groups excluding carboxylic acids is 2. The number of benzene rings is 1. The van der Waals surface area contributed by atoms with Crippen LogP contribution < -0.4 is 10.4 Å². The van der Waals surface area contributed by atoms with Crippen LogP contribution in [0, 0.1) is 17.5 Å². The molecule has 0 atom stereocenters. The molecule has 1 saturated heterocycles. The molecule has 8 nitrogen and oxygen atoms in total. The van der Waals surface area contributed by atoms with Gasteiger partial charge in [0.2, 0.25) is 0 Å². The maximum Gasteiger partial charge on any atom is 0.497 e. The molecule has 3 rings (SSSR count). The quantitative estimate of drug-likeness (QED) is 0.385. The van der Waals surface area contributed by atoms with Crippen LogP contribution in [-0.4, -0.2) is 57.8 Å². The number of esters is 2. The lowest BCUT2D eigenvalue weighted by Crippen LogP contribution is -2.45. The Kier molecular flexibility index (Phi) is 6.33. The van der Waals surface area contributed by atoms with E-state index in [2.05, 4.69) is 4.74 Å². The Hall–Kier alpha value is -2.57. The first-order valence-corrected chi connectivity index (χ1v) is 9.64. The molecule has 0 amide bonds. The van der Waals surface area contributed by atoms with Crippen molar-refractivity contribution in [2.24, 2.45) is 0 Å². The van der Waals surface area contributed by atoms with Gasteiger partial charge in [0.25, 0.3) is 0 Å². The van der Waals surface area contributed by atoms with Crippen LogP contribution in [0.2, 0.25) is 0 Å². The molecule has 0 radical (unpaired) electrons. The van der Waals surface area contributed by atoms with Crippen molar-refractivity contribution in [2.75, 3.05) is 32.5 Å². The van der Waals surface area contributed by atoms with Gasteiger partial charge in [0, 0.05) is 5.46 Å². The number of halogens is 3. The minimum atomic E-state index is -1.78. The fourth-order valence-corrected chi connectivity index (χ4v) is 3.35. The maximum absolute atomic E-state index is 15.2. The molecule has 2 aliphatic heterocycles. The van der Waals surface area contributed by atoms with E-state index in [0.717, 1.165) is 25.2 Å². The molecule has 0 unspecified atom stereocenters. The molecule has 2 heterocycles. The van der Waals surface area contributed by atoms with Crippen molar-refractivity contribution in [1.82, 2.24) is 0 Å². The molecule has 2 aliphatic rings. The van der Waals surface area contributed by atoms with Crippen molar-refractivity contribution in [3.05, 3.63) is 34.8 Å². The second-order valence-corrected chi connectivity index (χ2v) is 8.23. The van der Waals surface area contributed by atoms with Crippen LogP contribution in [0.5, 0.6) is 0 Å². The van der Waals surface area contributed by atoms with E-state index in [4.69, 9.17) is 18.8 Å². The molecule has 0 spiro atoms. The number of carbonyl (C=O) groups is 2. The zero-order chi connectivity index (χ0) is 24.0. The van der Waals surface area contributed by atoms with E-state index < -0.39 is 65.8 Å². The molecular weight excluding hydrogens is 434 g/mol. The van der Waals surface area contributed by atoms with E-state index in [-0.39, 0.29) is 17.6 Å². The summed E-state index contributed by atoms with van der Waals surface area (Å²) in [4.78, 5) is 25.6. The van der Waals surface area contributed by atoms with Crippen molar-refractivity contribution in [1.29, 1.82) is 0 Å². The predicted molar refractivity (Wildman–Crippen MR) is 106 cm³/mol. The van der Waals surface area contributed by atoms with Crippen LogP contribution >= 0.6 is 0 Å². The molecule has 12 heteroatoms. The van der Waals surface area contributed by atoms with Crippen molar-refractivity contribution < 1.29 is 46.3 Å². The number of methoxy groups -OCH3 is 2. The van der Waals surface area contributed by atoms with Gasteiger partial charge >= 0.3 is 19.1 Å². The fraction of sp³-hybridized carbons (Fsp3) is 0.500. The van der Waals surface area contributed by atoms with Gasteiger partial charge in [-0.25, -0.2) is 22.8 Å². The zero-order valence-electron chi connectivity index (χ0n) is 18.5. The first kappa shape index (κ1) is 24.1. The van der Waals surface area contributed by atoms with Crippen LogP contribution in [-0.2, 0) is 33.1 Å². The lowest BCUT2D eigenvalue weighted by Gasteiger charge is -2.33. The minimum Gasteiger partial charge on any atom is -0.466 e. The highest BCUT2D eigenvalue weighted by atomic mass is 19.2. The molecular formula is C20H23BF3NO7. The largest absolute Gasteiger partial charge is 0.497 e. The molecule has 174 valence electrons. The van der Waals surface area contributed by atoms with Crippen molar-refractivity contribution >= 4 is 30.2 Å². The highest BCUT2D eigenvalue weighted by Crippen LogP contribution is 2.38. The third-order valence-corrected chi connectivity index (χ3v) is 5.78. The normalized spacial score (nSPS) is 19.9. The molecule has 32 heavy (non-hydrogen) atoms. The van der Waals surface area contributed by atoms with Crippen LogP contribution in [0.4, 0.5) is 18.9 Å². The Morgan fingerprint density at radius 1 is 1.00 bits per heavy atom. The molecule has 0 aliphatic carbocycles. The summed E-state index contributed by atoms with van der Waals surface area (Å²) in [6.45, 7) is 6.08. The first-order valence-electron chi connectivity index (χ1n) is 9.64. The minimum absolute atomic E-state index is 0.240. The van der Waals surface area contributed by atoms with Gasteiger partial charge in [0.05, 0.1) is 43.3 Å². The van der Waals surface area contributed by atoms with Crippen LogP contribution in [0.25, 0.3) is 0 Å². The van der Waals surface area contributed by atoms with Gasteiger partial charge in [-0.05, 0) is 33.8 Å². The van der Waals surface area contributed by atoms with Crippen molar-refractivity contribution in [3.8, 4) is 0 Å². The third kappa shape index (κ3) is 3.86. The highest BCUT2D eigenvalue weighted by molar-refractivity contribution is 6.64. The smallest absolute Gasteiger partial charge is 0.466 e. The van der Waals surface area contributed by atoms with Gasteiger partial charge in [-0.15, -0.1) is 0 Å². The van der Waals surface area contributed by atoms with Crippen LogP contribution in [0.3, 0.4) is 0 Å². The van der Waals surface area contributed by atoms with Gasteiger partial charge in [-0.1, -0.05) is 0 Å². The summed E-state index contributed by atoms with van der Waals surface area (Å²) in [5.74, 6) is -6.85. The summed E-state index contributed by atoms with van der Waals surface area (Å²) in [5.41, 5.74) is -3.32. The van der Waals surface area contributed by atoms with E-state index in [1.807, 2.05) is 0 Å². The van der Waals surface area contributed by atoms with Crippen molar-refractivity contribution in [3.63, 3.8) is 0 Å². The number of hydrogen-bond acceptors (Lipinski definition) is 8. The van der Waals surface area contributed by atoms with Gasteiger partial charge in [0.1, 0.15) is 12.4 Å². The average Bonchev–Trinajstić information content (AvgIpc) is 2.96. The Morgan fingerprint density at radius 2 is 1.56 bits per heavy atom. The Bertz CT molecular complexity index is 980. The van der Waals surface area contributed by atoms with E-state index >= 15 is 4.39 Å². The standard InChI is InChI=1S/C20H23BF3NO7/c1-19(2)20(3,4)32-21(31-19)11-7-12(22)13(23)14(24)16(11)25-9-30-8-10(17(26)28-5)15(25)18(27)29-6/h7H,8-9H2,1-6H3. The van der Waals surface area contributed by atoms with E-state index in [0.29, 0.717) is 0 Å². The van der Waals surface area contributed by atoms with Crippen LogP contribution in [0.1, 0.15) is 27.7 Å². The lowest BCUT2D eigenvalue weighted by atomic mass is 9.77. The number of hydrogen-bond donors (Lipinski definition) is 0. The molecule has 0 N–H and O–H groups in total. The maximum atomic E-state index is 15.2. The van der Waals surface area contributed by atoms with Crippen molar-refractivity contribution in [2.45, 2.75) is 38.9 Å². The summed E-state index contributed by atoms with van der Waals surface area (Å²) >= 11 is 0. The number of rotatable bonds is 4. The molecule has 1 aromatic carbocycles. The summed E-state index contributed by atoms with van der Waals surface area (Å²) < 4.78 is 70.2. The lowest BCUT2D eigenvalue weighted by molar-refractivity contribution is -0.140. The monoisotopic (exact) mass is 457 g/mol. The zero-order valence-corrected chi connectivity index (χ0v) is 18.5. The summed E-state index contributed by atoms with van der Waals surface area (Å²) in [5, 5.41) is 0. The molecule has 0 saturated carbocycles. The summed E-state index contributed by atoms with van der Waals surface area (Å²) in [6, 6.07) is 0.719. The second-order valence-electron chi connectivity index (χ2n) is 8.23. The average molecular weight is 457 g/mol. The molecule has 1 fully saturated rings. The second kappa shape index (κ2) is 8.41. The van der Waals surface area contributed by atoms with E-state index in [1.54, 1.807) is 27.7 Å². The van der Waals surface area contributed by atoms with Gasteiger partial charge in [0.15, 0.2) is 17.5 Å². The Labute approximate surface area is 183 Å². The summed E-state index contributed by atoms with van der Waals surface area (Å²) in [7, 11) is 0.813. The Morgan fingerprint density at radius 3 is 2.09 bits per heavy atom. The topological polar surface area (TPSA) is 83.5 Å². The SMILES string of the molecule is COC(=O)C1=C(C(=O)OC)N(c2c(B3OC(C)(C)C(C)(C)O3)cc(F)c(F)c2F)COC1. The molecule has 0 aromatic heterocycles. The van der Waals surface area contributed by atoms with Gasteiger partial charge in [-0.3, -0.25) is 0 Å². The molecule has 1 aromatic rings. The highest BCUT2D eigenvalue weighted by Gasteiger charge is 2.53.